The fraction of sp³-hybridized carbons (Fsp3) is 0.417. The summed E-state index contributed by atoms with van der Waals surface area (Å²) in [5.74, 6) is -0.0943. The number of aryl methyl sites for hydroxylation is 1. The van der Waals surface area contributed by atoms with Crippen LogP contribution in [0.1, 0.15) is 41.0 Å². The third-order valence-electron chi connectivity index (χ3n) is 5.64. The summed E-state index contributed by atoms with van der Waals surface area (Å²) in [6, 6.07) is 8.45. The molecule has 2 atom stereocenters. The van der Waals surface area contributed by atoms with E-state index in [0.717, 1.165) is 0 Å². The van der Waals surface area contributed by atoms with Gasteiger partial charge in [0.25, 0.3) is 11.8 Å². The molecule has 2 aromatic heterocycles. The quantitative estimate of drug-likeness (QED) is 0.405. The van der Waals surface area contributed by atoms with Crippen LogP contribution in [0.4, 0.5) is 11.6 Å². The number of hydrogen-bond donors (Lipinski definition) is 2. The molecule has 1 aromatic carbocycles. The van der Waals surface area contributed by atoms with E-state index in [9.17, 15) is 9.59 Å². The minimum atomic E-state index is -0.330. The summed E-state index contributed by atoms with van der Waals surface area (Å²) in [7, 11) is 1.64. The highest BCUT2D eigenvalue weighted by atomic mass is 16.5. The highest BCUT2D eigenvalue weighted by molar-refractivity contribution is 6.04. The predicted molar refractivity (Wildman–Crippen MR) is 129 cm³/mol. The van der Waals surface area contributed by atoms with Gasteiger partial charge in [-0.3, -0.25) is 19.5 Å². The molecule has 3 N–H and O–H groups in total. The van der Waals surface area contributed by atoms with Gasteiger partial charge in [0.2, 0.25) is 5.95 Å². The summed E-state index contributed by atoms with van der Waals surface area (Å²) in [6.45, 7) is 6.03. The summed E-state index contributed by atoms with van der Waals surface area (Å²) in [5.41, 5.74) is 8.30. The van der Waals surface area contributed by atoms with Crippen LogP contribution in [0.15, 0.2) is 36.5 Å². The summed E-state index contributed by atoms with van der Waals surface area (Å²) in [4.78, 5) is 36.9. The maximum absolute atomic E-state index is 13.1. The molecular formula is C24H30N6O4. The summed E-state index contributed by atoms with van der Waals surface area (Å²) in [5, 5.41) is 2.86. The van der Waals surface area contributed by atoms with Crippen molar-refractivity contribution in [3.05, 3.63) is 47.7 Å². The van der Waals surface area contributed by atoms with Crippen molar-refractivity contribution in [1.29, 1.82) is 0 Å². The van der Waals surface area contributed by atoms with Crippen molar-refractivity contribution in [3.63, 3.8) is 0 Å². The number of nitrogen functional groups attached to an aromatic ring is 1. The number of carbonyl (C=O) groups excluding carboxylic acids is 2. The van der Waals surface area contributed by atoms with E-state index < -0.39 is 0 Å². The number of benzene rings is 1. The summed E-state index contributed by atoms with van der Waals surface area (Å²) < 4.78 is 12.7. The summed E-state index contributed by atoms with van der Waals surface area (Å²) >= 11 is 0. The molecule has 0 saturated carbocycles. The number of nitrogens with one attached hydrogen (secondary N) is 1. The van der Waals surface area contributed by atoms with E-state index >= 15 is 0 Å². The first-order valence-electron chi connectivity index (χ1n) is 11.3. The van der Waals surface area contributed by atoms with Crippen molar-refractivity contribution >= 4 is 34.6 Å². The largest absolute Gasteiger partial charge is 0.399 e. The molecule has 3 aromatic rings. The first-order chi connectivity index (χ1) is 16.4. The van der Waals surface area contributed by atoms with Gasteiger partial charge < -0.3 is 20.1 Å². The van der Waals surface area contributed by atoms with Gasteiger partial charge in [0.15, 0.2) is 5.65 Å². The zero-order chi connectivity index (χ0) is 24.2. The van der Waals surface area contributed by atoms with Crippen LogP contribution in [0.5, 0.6) is 0 Å². The molecule has 0 bridgehead atoms. The molecular weight excluding hydrogens is 436 g/mol. The number of nitrogens with zero attached hydrogens (tertiary/aromatic N) is 4. The number of morpholine rings is 1. The normalized spacial score (nSPS) is 18.3. The second kappa shape index (κ2) is 10.2. The lowest BCUT2D eigenvalue weighted by atomic mass is 10.2. The Labute approximate surface area is 198 Å². The predicted octanol–water partition coefficient (Wildman–Crippen LogP) is 2.55. The molecule has 2 unspecified atom stereocenters. The number of hydrogen-bond acceptors (Lipinski definition) is 7. The average molecular weight is 467 g/mol. The SMILES string of the molecule is COCCCn1c(NC(=O)c2cccc(N)c2)nc2cc(C(=O)N3CC(C)OC(C)C3)cnc21. The van der Waals surface area contributed by atoms with Crippen molar-refractivity contribution in [1.82, 2.24) is 19.4 Å². The molecule has 2 amide bonds. The first-order valence-corrected chi connectivity index (χ1v) is 11.3. The number of methoxy groups -OCH3 is 1. The number of pyridine rings is 1. The van der Waals surface area contributed by atoms with Gasteiger partial charge in [0, 0.05) is 50.8 Å². The lowest BCUT2D eigenvalue weighted by Crippen LogP contribution is -2.48. The Hall–Kier alpha value is -3.50. The lowest BCUT2D eigenvalue weighted by Gasteiger charge is -2.35. The number of fused-ring (bicyclic) bond motifs is 1. The van der Waals surface area contributed by atoms with Crippen LogP contribution >= 0.6 is 0 Å². The van der Waals surface area contributed by atoms with Gasteiger partial charge in [-0.1, -0.05) is 6.07 Å². The minimum Gasteiger partial charge on any atom is -0.399 e. The number of nitrogens with two attached hydrogens (primary N) is 1. The molecule has 3 heterocycles. The van der Waals surface area contributed by atoms with Crippen molar-refractivity contribution in [2.75, 3.05) is 37.9 Å². The molecule has 0 spiro atoms. The van der Waals surface area contributed by atoms with Crippen LogP contribution in [-0.4, -0.2) is 70.3 Å². The van der Waals surface area contributed by atoms with E-state index in [4.69, 9.17) is 15.2 Å². The van der Waals surface area contributed by atoms with E-state index in [1.165, 1.54) is 0 Å². The molecule has 180 valence electrons. The van der Waals surface area contributed by atoms with Gasteiger partial charge in [0.1, 0.15) is 5.52 Å². The van der Waals surface area contributed by atoms with Crippen LogP contribution in [-0.2, 0) is 16.0 Å². The van der Waals surface area contributed by atoms with E-state index in [2.05, 4.69) is 15.3 Å². The monoisotopic (exact) mass is 466 g/mol. The number of aromatic nitrogens is 3. The third-order valence-corrected chi connectivity index (χ3v) is 5.64. The Morgan fingerprint density at radius 2 is 1.97 bits per heavy atom. The van der Waals surface area contributed by atoms with Crippen molar-refractivity contribution in [2.24, 2.45) is 0 Å². The zero-order valence-electron chi connectivity index (χ0n) is 19.7. The fourth-order valence-electron chi connectivity index (χ4n) is 4.18. The molecule has 4 rings (SSSR count). The molecule has 1 saturated heterocycles. The molecule has 10 nitrogen and oxygen atoms in total. The van der Waals surface area contributed by atoms with Crippen LogP contribution in [0.25, 0.3) is 11.2 Å². The van der Waals surface area contributed by atoms with Crippen LogP contribution in [0, 0.1) is 0 Å². The topological polar surface area (TPSA) is 125 Å². The number of ether oxygens (including phenoxy) is 2. The lowest BCUT2D eigenvalue weighted by molar-refractivity contribution is -0.0586. The molecule has 10 heteroatoms. The Bertz CT molecular complexity index is 1180. The van der Waals surface area contributed by atoms with Crippen molar-refractivity contribution in [2.45, 2.75) is 39.0 Å². The number of imidazole rings is 1. The van der Waals surface area contributed by atoms with Gasteiger partial charge in [-0.15, -0.1) is 0 Å². The highest BCUT2D eigenvalue weighted by Gasteiger charge is 2.27. The minimum absolute atomic E-state index is 0.0294. The average Bonchev–Trinajstić information content (AvgIpc) is 3.14. The molecule has 1 aliphatic heterocycles. The second-order valence-corrected chi connectivity index (χ2v) is 8.55. The van der Waals surface area contributed by atoms with E-state index in [-0.39, 0.29) is 24.0 Å². The Balaban J connectivity index is 1.64. The van der Waals surface area contributed by atoms with E-state index in [0.29, 0.717) is 66.6 Å². The van der Waals surface area contributed by atoms with E-state index in [1.54, 1.807) is 48.5 Å². The van der Waals surface area contributed by atoms with Gasteiger partial charge in [-0.2, -0.15) is 0 Å². The fourth-order valence-corrected chi connectivity index (χ4v) is 4.18. The van der Waals surface area contributed by atoms with Crippen molar-refractivity contribution < 1.29 is 19.1 Å². The van der Waals surface area contributed by atoms with E-state index in [1.807, 2.05) is 18.4 Å². The van der Waals surface area contributed by atoms with Gasteiger partial charge in [0.05, 0.1) is 17.8 Å². The molecule has 1 fully saturated rings. The van der Waals surface area contributed by atoms with Crippen LogP contribution in [0.3, 0.4) is 0 Å². The smallest absolute Gasteiger partial charge is 0.258 e. The molecule has 0 aliphatic carbocycles. The number of carbonyl (C=O) groups is 2. The molecule has 34 heavy (non-hydrogen) atoms. The summed E-state index contributed by atoms with van der Waals surface area (Å²) in [6.07, 6.45) is 2.21. The number of amides is 2. The Morgan fingerprint density at radius 1 is 1.21 bits per heavy atom. The molecule has 0 radical (unpaired) electrons. The maximum Gasteiger partial charge on any atom is 0.258 e. The van der Waals surface area contributed by atoms with Gasteiger partial charge in [-0.05, 0) is 44.5 Å². The van der Waals surface area contributed by atoms with Gasteiger partial charge in [-0.25, -0.2) is 9.97 Å². The third kappa shape index (κ3) is 5.18. The standard InChI is InChI=1S/C24H30N6O4/c1-15-13-29(14-16(2)34-15)23(32)18-11-20-21(26-12-18)30(8-5-9-33-3)24(27-20)28-22(31)17-6-4-7-19(25)10-17/h4,6-7,10-12,15-16H,5,8-9,13-14,25H2,1-3H3,(H,27,28,31). The van der Waals surface area contributed by atoms with Crippen molar-refractivity contribution in [3.8, 4) is 0 Å². The number of rotatable bonds is 7. The van der Waals surface area contributed by atoms with Crippen LogP contribution < -0.4 is 11.1 Å². The number of anilines is 2. The second-order valence-electron chi connectivity index (χ2n) is 8.55. The first kappa shape index (κ1) is 23.7. The van der Waals surface area contributed by atoms with Crippen LogP contribution in [0.2, 0.25) is 0 Å². The maximum atomic E-state index is 13.1. The highest BCUT2D eigenvalue weighted by Crippen LogP contribution is 2.22. The Kier molecular flexibility index (Phi) is 7.09. The Morgan fingerprint density at radius 3 is 2.68 bits per heavy atom. The van der Waals surface area contributed by atoms with Gasteiger partial charge >= 0.3 is 0 Å². The molecule has 1 aliphatic rings. The zero-order valence-corrected chi connectivity index (χ0v) is 19.7.